The van der Waals surface area contributed by atoms with E-state index < -0.39 is 22.0 Å². The molecule has 1 saturated heterocycles. The van der Waals surface area contributed by atoms with Gasteiger partial charge < -0.3 is 9.84 Å². The number of hydrogen-bond donors (Lipinski definition) is 1. The van der Waals surface area contributed by atoms with Crippen LogP contribution in [0.25, 0.3) is 0 Å². The van der Waals surface area contributed by atoms with Crippen molar-refractivity contribution in [3.05, 3.63) is 23.8 Å². The van der Waals surface area contributed by atoms with Gasteiger partial charge >= 0.3 is 5.97 Å². The highest BCUT2D eigenvalue weighted by Crippen LogP contribution is 2.30. The second kappa shape index (κ2) is 5.41. The lowest BCUT2D eigenvalue weighted by Gasteiger charge is -2.22. The number of carboxylic acid groups (broad SMARTS) is 1. The van der Waals surface area contributed by atoms with E-state index >= 15 is 0 Å². The van der Waals surface area contributed by atoms with Gasteiger partial charge in [0.25, 0.3) is 0 Å². The van der Waals surface area contributed by atoms with Gasteiger partial charge in [0.05, 0.1) is 12.0 Å². The van der Waals surface area contributed by atoms with E-state index in [2.05, 4.69) is 0 Å². The zero-order chi connectivity index (χ0) is 14.9. The Morgan fingerprint density at radius 2 is 2.15 bits per heavy atom. The fraction of sp³-hybridized carbons (Fsp3) is 0.462. The first-order valence-electron chi connectivity index (χ1n) is 6.27. The summed E-state index contributed by atoms with van der Waals surface area (Å²) in [5.74, 6) is -0.674. The van der Waals surface area contributed by atoms with Crippen LogP contribution in [0, 0.1) is 6.92 Å². The molecule has 0 unspecified atom stereocenters. The molecule has 0 amide bonds. The summed E-state index contributed by atoms with van der Waals surface area (Å²) in [5, 5.41) is 9.13. The monoisotopic (exact) mass is 299 g/mol. The summed E-state index contributed by atoms with van der Waals surface area (Å²) in [6.07, 6.45) is 0.900. The second-order valence-electron chi connectivity index (χ2n) is 4.74. The molecule has 1 aromatic rings. The van der Waals surface area contributed by atoms with E-state index in [1.165, 1.54) is 13.2 Å². The van der Waals surface area contributed by atoms with Crippen molar-refractivity contribution >= 4 is 16.0 Å². The molecule has 1 aliphatic rings. The van der Waals surface area contributed by atoms with Crippen molar-refractivity contribution in [3.63, 3.8) is 0 Å². The lowest BCUT2D eigenvalue weighted by atomic mass is 10.2. The summed E-state index contributed by atoms with van der Waals surface area (Å²) in [4.78, 5) is 11.3. The van der Waals surface area contributed by atoms with Gasteiger partial charge in [0.15, 0.2) is 0 Å². The lowest BCUT2D eigenvalue weighted by molar-refractivity contribution is -0.140. The van der Waals surface area contributed by atoms with E-state index in [1.807, 2.05) is 0 Å². The maximum atomic E-state index is 12.6. The normalized spacial score (nSPS) is 20.0. The van der Waals surface area contributed by atoms with E-state index in [0.29, 0.717) is 24.2 Å². The fourth-order valence-electron chi connectivity index (χ4n) is 2.39. The molecular weight excluding hydrogens is 282 g/mol. The van der Waals surface area contributed by atoms with Gasteiger partial charge in [0.2, 0.25) is 10.0 Å². The van der Waals surface area contributed by atoms with Crippen LogP contribution in [0.4, 0.5) is 0 Å². The van der Waals surface area contributed by atoms with Gasteiger partial charge in [-0.3, -0.25) is 4.79 Å². The van der Waals surface area contributed by atoms with Crippen LogP contribution in [0.3, 0.4) is 0 Å². The van der Waals surface area contributed by atoms with Gasteiger partial charge in [0.1, 0.15) is 11.8 Å². The molecule has 0 saturated carbocycles. The Morgan fingerprint density at radius 3 is 2.75 bits per heavy atom. The Balaban J connectivity index is 2.47. The molecule has 1 N–H and O–H groups in total. The van der Waals surface area contributed by atoms with Crippen LogP contribution in [0.1, 0.15) is 18.4 Å². The third kappa shape index (κ3) is 2.51. The number of methoxy groups -OCH3 is 1. The Hall–Kier alpha value is -1.60. The van der Waals surface area contributed by atoms with Crippen molar-refractivity contribution in [2.45, 2.75) is 30.7 Å². The summed E-state index contributed by atoms with van der Waals surface area (Å²) in [6.45, 7) is 1.91. The van der Waals surface area contributed by atoms with Gasteiger partial charge in [0, 0.05) is 12.6 Å². The SMILES string of the molecule is COc1ccc(C)c(S(=O)(=O)N2CCC[C@@H]2C(=O)O)c1. The quantitative estimate of drug-likeness (QED) is 0.904. The second-order valence-corrected chi connectivity index (χ2v) is 6.60. The third-order valence-electron chi connectivity index (χ3n) is 3.47. The summed E-state index contributed by atoms with van der Waals surface area (Å²) in [7, 11) is -2.37. The van der Waals surface area contributed by atoms with E-state index in [-0.39, 0.29) is 11.4 Å². The predicted octanol–water partition coefficient (Wildman–Crippen LogP) is 1.24. The Kier molecular flexibility index (Phi) is 4.01. The molecule has 1 atom stereocenters. The highest BCUT2D eigenvalue weighted by atomic mass is 32.2. The van der Waals surface area contributed by atoms with Crippen LogP contribution in [-0.2, 0) is 14.8 Å². The molecule has 6 nitrogen and oxygen atoms in total. The van der Waals surface area contributed by atoms with Gasteiger partial charge in [-0.2, -0.15) is 4.31 Å². The van der Waals surface area contributed by atoms with Gasteiger partial charge in [-0.15, -0.1) is 0 Å². The summed E-state index contributed by atoms with van der Waals surface area (Å²) in [5.41, 5.74) is 0.571. The maximum absolute atomic E-state index is 12.6. The Labute approximate surface area is 118 Å². The highest BCUT2D eigenvalue weighted by molar-refractivity contribution is 7.89. The first-order valence-corrected chi connectivity index (χ1v) is 7.71. The molecule has 0 aliphatic carbocycles. The molecule has 20 heavy (non-hydrogen) atoms. The van der Waals surface area contributed by atoms with E-state index in [0.717, 1.165) is 4.31 Å². The molecule has 7 heteroatoms. The number of rotatable bonds is 4. The average molecular weight is 299 g/mol. The van der Waals surface area contributed by atoms with Crippen LogP contribution >= 0.6 is 0 Å². The van der Waals surface area contributed by atoms with E-state index in [4.69, 9.17) is 9.84 Å². The first-order chi connectivity index (χ1) is 9.37. The number of aliphatic carboxylic acids is 1. The Bertz CT molecular complexity index is 626. The van der Waals surface area contributed by atoms with E-state index in [9.17, 15) is 13.2 Å². The molecule has 110 valence electrons. The number of hydrogen-bond acceptors (Lipinski definition) is 4. The van der Waals surface area contributed by atoms with Crippen molar-refractivity contribution in [2.24, 2.45) is 0 Å². The average Bonchev–Trinajstić information content (AvgIpc) is 2.89. The Morgan fingerprint density at radius 1 is 1.45 bits per heavy atom. The number of benzene rings is 1. The molecule has 0 radical (unpaired) electrons. The molecule has 1 fully saturated rings. The van der Waals surface area contributed by atoms with Crippen molar-refractivity contribution in [1.82, 2.24) is 4.31 Å². The van der Waals surface area contributed by atoms with Crippen LogP contribution in [-0.4, -0.2) is 43.5 Å². The van der Waals surface area contributed by atoms with Crippen molar-refractivity contribution in [1.29, 1.82) is 0 Å². The topological polar surface area (TPSA) is 83.9 Å². The summed E-state index contributed by atoms with van der Waals surface area (Å²) >= 11 is 0. The van der Waals surface area contributed by atoms with E-state index in [1.54, 1.807) is 19.1 Å². The predicted molar refractivity (Wildman–Crippen MR) is 72.3 cm³/mol. The van der Waals surface area contributed by atoms with Crippen molar-refractivity contribution < 1.29 is 23.1 Å². The number of sulfonamides is 1. The first kappa shape index (κ1) is 14.8. The largest absolute Gasteiger partial charge is 0.497 e. The van der Waals surface area contributed by atoms with Crippen molar-refractivity contribution in [2.75, 3.05) is 13.7 Å². The van der Waals surface area contributed by atoms with Gasteiger partial charge in [-0.1, -0.05) is 6.07 Å². The minimum absolute atomic E-state index is 0.102. The lowest BCUT2D eigenvalue weighted by Crippen LogP contribution is -2.40. The van der Waals surface area contributed by atoms with Crippen LogP contribution in [0.15, 0.2) is 23.1 Å². The third-order valence-corrected chi connectivity index (χ3v) is 5.52. The standard InChI is InChI=1S/C13H17NO5S/c1-9-5-6-10(19-2)8-12(9)20(17,18)14-7-3-4-11(14)13(15)16/h5-6,8,11H,3-4,7H2,1-2H3,(H,15,16)/t11-/m1/s1. The number of aryl methyl sites for hydroxylation is 1. The molecular formula is C13H17NO5S. The number of ether oxygens (including phenoxy) is 1. The highest BCUT2D eigenvalue weighted by Gasteiger charge is 2.40. The smallest absolute Gasteiger partial charge is 0.322 e. The van der Waals surface area contributed by atoms with Gasteiger partial charge in [-0.05, 0) is 31.4 Å². The molecule has 1 aliphatic heterocycles. The number of nitrogens with zero attached hydrogens (tertiary/aromatic N) is 1. The van der Waals surface area contributed by atoms with Crippen LogP contribution < -0.4 is 4.74 Å². The van der Waals surface area contributed by atoms with Gasteiger partial charge in [-0.25, -0.2) is 8.42 Å². The minimum atomic E-state index is -3.82. The zero-order valence-corrected chi connectivity index (χ0v) is 12.2. The number of carboxylic acids is 1. The van der Waals surface area contributed by atoms with Crippen molar-refractivity contribution in [3.8, 4) is 5.75 Å². The molecule has 2 rings (SSSR count). The fourth-order valence-corrected chi connectivity index (χ4v) is 4.28. The molecule has 1 heterocycles. The molecule has 0 aromatic heterocycles. The summed E-state index contributed by atoms with van der Waals surface area (Å²) in [6, 6.07) is 3.78. The number of carbonyl (C=O) groups is 1. The maximum Gasteiger partial charge on any atom is 0.322 e. The van der Waals surface area contributed by atoms with Crippen LogP contribution in [0.2, 0.25) is 0 Å². The zero-order valence-electron chi connectivity index (χ0n) is 11.4. The summed E-state index contributed by atoms with van der Waals surface area (Å²) < 4.78 is 31.4. The van der Waals surface area contributed by atoms with Crippen LogP contribution in [0.5, 0.6) is 5.75 Å². The molecule has 0 spiro atoms. The molecule has 1 aromatic carbocycles. The minimum Gasteiger partial charge on any atom is -0.497 e. The molecule has 0 bridgehead atoms.